The topological polar surface area (TPSA) is 43.1 Å². The number of benzene rings is 1. The van der Waals surface area contributed by atoms with Crippen LogP contribution in [0.3, 0.4) is 0 Å². The fourth-order valence-corrected chi connectivity index (χ4v) is 4.51. The third-order valence-electron chi connectivity index (χ3n) is 5.05. The van der Waals surface area contributed by atoms with Crippen molar-refractivity contribution in [1.29, 1.82) is 0 Å². The summed E-state index contributed by atoms with van der Waals surface area (Å²) in [6.07, 6.45) is 10.7. The molecule has 25 heavy (non-hydrogen) atoms. The maximum atomic E-state index is 11.7. The number of hydrogen-bond acceptors (Lipinski definition) is 3. The van der Waals surface area contributed by atoms with Gasteiger partial charge < -0.3 is 5.73 Å². The van der Waals surface area contributed by atoms with Crippen LogP contribution in [0.25, 0.3) is 0 Å². The van der Waals surface area contributed by atoms with Crippen LogP contribution in [-0.4, -0.2) is 16.3 Å². The van der Waals surface area contributed by atoms with Crippen molar-refractivity contribution in [2.75, 3.05) is 5.75 Å². The van der Waals surface area contributed by atoms with Gasteiger partial charge in [-0.1, -0.05) is 57.9 Å². The highest BCUT2D eigenvalue weighted by molar-refractivity contribution is 8.00. The fraction of sp³-hybridized carbons (Fsp3) is 0.591. The first-order valence-corrected chi connectivity index (χ1v) is 10.5. The number of aryl methyl sites for hydroxylation is 1. The minimum absolute atomic E-state index is 0.0273. The molecule has 1 saturated carbocycles. The number of carbonyl (C=O) groups is 1. The van der Waals surface area contributed by atoms with Gasteiger partial charge in [-0.3, -0.25) is 4.79 Å². The van der Waals surface area contributed by atoms with Crippen molar-refractivity contribution in [3.05, 3.63) is 47.7 Å². The molecule has 2 nitrogen and oxygen atoms in total. The predicted molar refractivity (Wildman–Crippen MR) is 110 cm³/mol. The van der Waals surface area contributed by atoms with Crippen molar-refractivity contribution < 1.29 is 4.79 Å². The molecule has 1 fully saturated rings. The number of carbonyl (C=O) groups excluding carboxylic acids is 1. The predicted octanol–water partition coefficient (Wildman–Crippen LogP) is 5.61. The molecule has 2 N–H and O–H groups in total. The van der Waals surface area contributed by atoms with E-state index in [0.29, 0.717) is 10.3 Å². The van der Waals surface area contributed by atoms with E-state index in [1.54, 1.807) is 0 Å². The van der Waals surface area contributed by atoms with Crippen LogP contribution in [0.15, 0.2) is 36.5 Å². The second kappa shape index (κ2) is 9.47. The minimum atomic E-state index is -0.0273. The van der Waals surface area contributed by atoms with Gasteiger partial charge >= 0.3 is 0 Å². The summed E-state index contributed by atoms with van der Waals surface area (Å²) in [5, 5.41) is 0. The molecule has 0 unspecified atom stereocenters. The van der Waals surface area contributed by atoms with Gasteiger partial charge in [-0.15, -0.1) is 0 Å². The fourth-order valence-electron chi connectivity index (χ4n) is 3.44. The first-order chi connectivity index (χ1) is 11.9. The summed E-state index contributed by atoms with van der Waals surface area (Å²) < 4.78 is 0.393. The summed E-state index contributed by atoms with van der Waals surface area (Å²) in [5.41, 5.74) is 7.32. The van der Waals surface area contributed by atoms with Gasteiger partial charge in [-0.25, -0.2) is 0 Å². The van der Waals surface area contributed by atoms with Crippen LogP contribution >= 0.6 is 11.8 Å². The maximum Gasteiger partial charge on any atom is 0.187 e. The molecule has 0 atom stereocenters. The van der Waals surface area contributed by atoms with Crippen LogP contribution in [0.2, 0.25) is 0 Å². The highest BCUT2D eigenvalue weighted by atomic mass is 32.2. The molecular weight excluding hydrogens is 326 g/mol. The van der Waals surface area contributed by atoms with E-state index in [9.17, 15) is 4.79 Å². The number of ketones is 1. The van der Waals surface area contributed by atoms with E-state index < -0.39 is 0 Å². The van der Waals surface area contributed by atoms with E-state index in [4.69, 9.17) is 5.73 Å². The molecule has 2 rings (SSSR count). The van der Waals surface area contributed by atoms with E-state index in [2.05, 4.69) is 44.7 Å². The van der Waals surface area contributed by atoms with Crippen LogP contribution in [-0.2, 0) is 6.42 Å². The number of nitrogens with two attached hydrogens (primary N) is 1. The maximum absolute atomic E-state index is 11.7. The third kappa shape index (κ3) is 7.27. The summed E-state index contributed by atoms with van der Waals surface area (Å²) >= 11 is 2.12. The normalized spacial score (nSPS) is 21.6. The Morgan fingerprint density at radius 2 is 1.72 bits per heavy atom. The summed E-state index contributed by atoms with van der Waals surface area (Å²) in [6, 6.07) is 8.00. The molecule has 1 aromatic rings. The highest BCUT2D eigenvalue weighted by Crippen LogP contribution is 2.36. The summed E-state index contributed by atoms with van der Waals surface area (Å²) in [4.78, 5) is 11.7. The standard InChI is InChI=1S/C22H33NOS/c1-22(2,3)25-16-19-8-6-17(7-9-19)4-5-18-10-12-20(13-11-18)21(24)14-15-23/h10-15,17,19H,4-9,16,23H2,1-3H3. The smallest absolute Gasteiger partial charge is 0.187 e. The minimum Gasteiger partial charge on any atom is -0.404 e. The van der Waals surface area contributed by atoms with Gasteiger partial charge in [-0.05, 0) is 55.0 Å². The first-order valence-electron chi connectivity index (χ1n) is 9.53. The lowest BCUT2D eigenvalue weighted by molar-refractivity contribution is 0.104. The Balaban J connectivity index is 1.71. The monoisotopic (exact) mass is 359 g/mol. The van der Waals surface area contributed by atoms with Crippen molar-refractivity contribution in [1.82, 2.24) is 0 Å². The first kappa shape index (κ1) is 20.1. The van der Waals surface area contributed by atoms with Crippen LogP contribution in [0.4, 0.5) is 0 Å². The van der Waals surface area contributed by atoms with Crippen LogP contribution in [0.1, 0.15) is 68.8 Å². The lowest BCUT2D eigenvalue weighted by atomic mass is 9.80. The average molecular weight is 360 g/mol. The van der Waals surface area contributed by atoms with Gasteiger partial charge in [0, 0.05) is 16.4 Å². The van der Waals surface area contributed by atoms with Gasteiger partial charge in [0.15, 0.2) is 5.78 Å². The Hall–Kier alpha value is -1.22. The summed E-state index contributed by atoms with van der Waals surface area (Å²) in [5.74, 6) is 3.09. The molecule has 138 valence electrons. The Kier molecular flexibility index (Phi) is 7.61. The average Bonchev–Trinajstić information content (AvgIpc) is 2.59. The Morgan fingerprint density at radius 1 is 1.12 bits per heavy atom. The van der Waals surface area contributed by atoms with Gasteiger partial charge in [0.1, 0.15) is 0 Å². The van der Waals surface area contributed by atoms with E-state index in [-0.39, 0.29) is 5.78 Å². The zero-order valence-electron chi connectivity index (χ0n) is 16.0. The van der Waals surface area contributed by atoms with Crippen LogP contribution in [0, 0.1) is 11.8 Å². The molecule has 0 aliphatic heterocycles. The second-order valence-corrected chi connectivity index (χ2v) is 10.1. The molecule has 0 amide bonds. The molecular formula is C22H33NOS. The molecule has 0 radical (unpaired) electrons. The largest absolute Gasteiger partial charge is 0.404 e. The van der Waals surface area contributed by atoms with Crippen molar-refractivity contribution >= 4 is 17.5 Å². The zero-order chi connectivity index (χ0) is 18.3. The quantitative estimate of drug-likeness (QED) is 0.508. The van der Waals surface area contributed by atoms with Crippen LogP contribution < -0.4 is 5.73 Å². The third-order valence-corrected chi connectivity index (χ3v) is 6.55. The number of allylic oxidation sites excluding steroid dienone is 1. The molecule has 0 saturated heterocycles. The van der Waals surface area contributed by atoms with E-state index in [1.165, 1.54) is 55.7 Å². The Morgan fingerprint density at radius 3 is 2.28 bits per heavy atom. The molecule has 0 aromatic heterocycles. The van der Waals surface area contributed by atoms with Gasteiger partial charge in [-0.2, -0.15) is 11.8 Å². The number of hydrogen-bond donors (Lipinski definition) is 1. The van der Waals surface area contributed by atoms with Crippen molar-refractivity contribution in [3.8, 4) is 0 Å². The van der Waals surface area contributed by atoms with E-state index >= 15 is 0 Å². The second-order valence-electron chi connectivity index (χ2n) is 8.27. The molecule has 1 aliphatic carbocycles. The van der Waals surface area contributed by atoms with E-state index in [0.717, 1.165) is 18.3 Å². The molecule has 0 bridgehead atoms. The SMILES string of the molecule is CC(C)(C)SCC1CCC(CCc2ccc(C(=O)C=CN)cc2)CC1. The lowest BCUT2D eigenvalue weighted by Crippen LogP contribution is -2.19. The molecule has 3 heteroatoms. The highest BCUT2D eigenvalue weighted by Gasteiger charge is 2.22. The van der Waals surface area contributed by atoms with Gasteiger partial charge in [0.2, 0.25) is 0 Å². The van der Waals surface area contributed by atoms with Crippen molar-refractivity contribution in [2.24, 2.45) is 17.6 Å². The molecule has 1 aliphatic rings. The Bertz CT molecular complexity index is 563. The molecule has 0 heterocycles. The zero-order valence-corrected chi connectivity index (χ0v) is 16.8. The van der Waals surface area contributed by atoms with E-state index in [1.807, 2.05) is 12.1 Å². The number of rotatable bonds is 7. The van der Waals surface area contributed by atoms with Gasteiger partial charge in [0.05, 0.1) is 0 Å². The van der Waals surface area contributed by atoms with Gasteiger partial charge in [0.25, 0.3) is 0 Å². The summed E-state index contributed by atoms with van der Waals surface area (Å²) in [6.45, 7) is 6.94. The summed E-state index contributed by atoms with van der Waals surface area (Å²) in [7, 11) is 0. The lowest BCUT2D eigenvalue weighted by Gasteiger charge is -2.30. The van der Waals surface area contributed by atoms with Crippen molar-refractivity contribution in [3.63, 3.8) is 0 Å². The number of thioether (sulfide) groups is 1. The van der Waals surface area contributed by atoms with Crippen molar-refractivity contribution in [2.45, 2.75) is 64.0 Å². The molecule has 0 spiro atoms. The van der Waals surface area contributed by atoms with Crippen LogP contribution in [0.5, 0.6) is 0 Å². The Labute approximate surface area is 157 Å². The molecule has 1 aromatic carbocycles.